The number of aromatic nitrogens is 1. The summed E-state index contributed by atoms with van der Waals surface area (Å²) in [4.78, 5) is 4.39. The average molecular weight is 280 g/mol. The van der Waals surface area contributed by atoms with Gasteiger partial charge >= 0.3 is 0 Å². The number of nitrogens with zero attached hydrogens (tertiary/aromatic N) is 1. The summed E-state index contributed by atoms with van der Waals surface area (Å²) in [6.07, 6.45) is 2.82. The van der Waals surface area contributed by atoms with E-state index in [4.69, 9.17) is 4.42 Å². The zero-order valence-corrected chi connectivity index (χ0v) is 11.9. The number of nitrogens with one attached hydrogen (secondary N) is 1. The van der Waals surface area contributed by atoms with Crippen LogP contribution in [-0.4, -0.2) is 19.7 Å². The molecular weight excluding hydrogens is 264 g/mol. The van der Waals surface area contributed by atoms with Crippen LogP contribution in [0.3, 0.4) is 0 Å². The first-order chi connectivity index (χ1) is 8.88. The zero-order chi connectivity index (χ0) is 14.0. The highest BCUT2D eigenvalue weighted by atomic mass is 32.2. The van der Waals surface area contributed by atoms with Crippen LogP contribution in [0.15, 0.2) is 39.8 Å². The summed E-state index contributed by atoms with van der Waals surface area (Å²) in [5.74, 6) is 1.25. The maximum atomic E-state index is 11.7. The Balaban J connectivity index is 2.29. The van der Waals surface area contributed by atoms with Crippen LogP contribution in [0.2, 0.25) is 0 Å². The topological polar surface area (TPSA) is 72.2 Å². The van der Waals surface area contributed by atoms with Gasteiger partial charge in [0.05, 0.1) is 16.8 Å². The standard InChI is InChI=1S/C13H16N2O3S/c1-9-8-14-13(18-9)10(2)15-11-6-4-5-7-12(11)19(3,16)17/h4-8,10,15H,1-3H3. The van der Waals surface area contributed by atoms with Gasteiger partial charge < -0.3 is 9.73 Å². The Morgan fingerprint density at radius 2 is 2.00 bits per heavy atom. The molecule has 0 saturated carbocycles. The molecule has 0 spiro atoms. The minimum absolute atomic E-state index is 0.211. The second kappa shape index (κ2) is 5.05. The van der Waals surface area contributed by atoms with Crippen LogP contribution in [-0.2, 0) is 9.84 Å². The van der Waals surface area contributed by atoms with Crippen molar-refractivity contribution in [1.82, 2.24) is 4.98 Å². The van der Waals surface area contributed by atoms with E-state index in [0.717, 1.165) is 5.76 Å². The van der Waals surface area contributed by atoms with Crippen LogP contribution in [0.25, 0.3) is 0 Å². The molecule has 1 aromatic heterocycles. The molecule has 0 amide bonds. The molecule has 2 rings (SSSR count). The minimum Gasteiger partial charge on any atom is -0.444 e. The lowest BCUT2D eigenvalue weighted by atomic mass is 10.2. The predicted molar refractivity (Wildman–Crippen MR) is 72.8 cm³/mol. The van der Waals surface area contributed by atoms with Crippen molar-refractivity contribution in [3.8, 4) is 0 Å². The van der Waals surface area contributed by atoms with E-state index >= 15 is 0 Å². The van der Waals surface area contributed by atoms with Crippen molar-refractivity contribution < 1.29 is 12.8 Å². The lowest BCUT2D eigenvalue weighted by molar-refractivity contribution is 0.453. The van der Waals surface area contributed by atoms with Crippen molar-refractivity contribution >= 4 is 15.5 Å². The van der Waals surface area contributed by atoms with E-state index in [2.05, 4.69) is 10.3 Å². The van der Waals surface area contributed by atoms with E-state index in [-0.39, 0.29) is 10.9 Å². The Labute approximate surface area is 112 Å². The maximum absolute atomic E-state index is 11.7. The third-order valence-corrected chi connectivity index (χ3v) is 3.82. The van der Waals surface area contributed by atoms with Crippen LogP contribution in [0, 0.1) is 6.92 Å². The number of para-hydroxylation sites is 1. The van der Waals surface area contributed by atoms with E-state index in [1.165, 1.54) is 6.26 Å². The van der Waals surface area contributed by atoms with Gasteiger partial charge in [-0.25, -0.2) is 13.4 Å². The van der Waals surface area contributed by atoms with Crippen LogP contribution in [0.1, 0.15) is 24.6 Å². The fraction of sp³-hybridized carbons (Fsp3) is 0.308. The maximum Gasteiger partial charge on any atom is 0.216 e. The molecule has 19 heavy (non-hydrogen) atoms. The van der Waals surface area contributed by atoms with E-state index < -0.39 is 9.84 Å². The summed E-state index contributed by atoms with van der Waals surface area (Å²) in [5, 5.41) is 3.11. The largest absolute Gasteiger partial charge is 0.444 e. The molecule has 0 aliphatic carbocycles. The molecule has 1 heterocycles. The quantitative estimate of drug-likeness (QED) is 0.931. The van der Waals surface area contributed by atoms with Crippen LogP contribution < -0.4 is 5.32 Å². The van der Waals surface area contributed by atoms with Crippen molar-refractivity contribution in [1.29, 1.82) is 0 Å². The fourth-order valence-electron chi connectivity index (χ4n) is 1.78. The molecule has 102 valence electrons. The first kappa shape index (κ1) is 13.6. The van der Waals surface area contributed by atoms with Gasteiger partial charge in [-0.15, -0.1) is 0 Å². The fourth-order valence-corrected chi connectivity index (χ4v) is 2.63. The first-order valence-electron chi connectivity index (χ1n) is 5.86. The van der Waals surface area contributed by atoms with Gasteiger partial charge in [-0.1, -0.05) is 12.1 Å². The van der Waals surface area contributed by atoms with Gasteiger partial charge in [0.2, 0.25) is 5.89 Å². The molecule has 1 unspecified atom stereocenters. The number of benzene rings is 1. The smallest absolute Gasteiger partial charge is 0.216 e. The molecule has 6 heteroatoms. The molecular formula is C13H16N2O3S. The summed E-state index contributed by atoms with van der Waals surface area (Å²) >= 11 is 0. The van der Waals surface area contributed by atoms with Gasteiger partial charge in [-0.2, -0.15) is 0 Å². The number of sulfone groups is 1. The van der Waals surface area contributed by atoms with Crippen LogP contribution in [0.4, 0.5) is 5.69 Å². The third kappa shape index (κ3) is 3.14. The minimum atomic E-state index is -3.27. The van der Waals surface area contributed by atoms with E-state index in [9.17, 15) is 8.42 Å². The first-order valence-corrected chi connectivity index (χ1v) is 7.75. The number of anilines is 1. The number of oxazole rings is 1. The zero-order valence-electron chi connectivity index (χ0n) is 11.0. The number of hydrogen-bond acceptors (Lipinski definition) is 5. The monoisotopic (exact) mass is 280 g/mol. The highest BCUT2D eigenvalue weighted by Crippen LogP contribution is 2.25. The highest BCUT2D eigenvalue weighted by Gasteiger charge is 2.16. The van der Waals surface area contributed by atoms with Gasteiger partial charge in [-0.05, 0) is 26.0 Å². The van der Waals surface area contributed by atoms with Crippen molar-refractivity contribution in [3.63, 3.8) is 0 Å². The van der Waals surface area contributed by atoms with E-state index in [1.807, 2.05) is 13.8 Å². The Bertz CT molecular complexity index is 677. The van der Waals surface area contributed by atoms with E-state index in [1.54, 1.807) is 30.5 Å². The summed E-state index contributed by atoms with van der Waals surface area (Å²) < 4.78 is 28.8. The Morgan fingerprint density at radius 3 is 2.58 bits per heavy atom. The SMILES string of the molecule is Cc1cnc(C(C)Nc2ccccc2S(C)(=O)=O)o1. The molecule has 0 aliphatic rings. The lowest BCUT2D eigenvalue weighted by Gasteiger charge is -2.14. The third-order valence-electron chi connectivity index (χ3n) is 2.67. The molecule has 2 aromatic rings. The molecule has 0 radical (unpaired) electrons. The van der Waals surface area contributed by atoms with Gasteiger partial charge in [0.1, 0.15) is 11.8 Å². The van der Waals surface area contributed by atoms with Crippen molar-refractivity contribution in [2.75, 3.05) is 11.6 Å². The summed E-state index contributed by atoms with van der Waals surface area (Å²) in [7, 11) is -3.27. The second-order valence-electron chi connectivity index (χ2n) is 4.44. The van der Waals surface area contributed by atoms with Crippen LogP contribution in [0.5, 0.6) is 0 Å². The predicted octanol–water partition coefficient (Wildman–Crippen LogP) is 2.56. The molecule has 1 N–H and O–H groups in total. The second-order valence-corrected chi connectivity index (χ2v) is 6.43. The Kier molecular flexibility index (Phi) is 3.61. The molecule has 0 saturated heterocycles. The molecule has 1 atom stereocenters. The number of rotatable bonds is 4. The number of aryl methyl sites for hydroxylation is 1. The van der Waals surface area contributed by atoms with Gasteiger partial charge in [0, 0.05) is 6.26 Å². The summed E-state index contributed by atoms with van der Waals surface area (Å²) in [6, 6.07) is 6.57. The normalized spacial score (nSPS) is 13.2. The van der Waals surface area contributed by atoms with Gasteiger partial charge in [-0.3, -0.25) is 0 Å². The van der Waals surface area contributed by atoms with Gasteiger partial charge in [0.25, 0.3) is 0 Å². The molecule has 0 fully saturated rings. The molecule has 0 aliphatic heterocycles. The summed E-state index contributed by atoms with van der Waals surface area (Å²) in [5.41, 5.74) is 0.549. The number of hydrogen-bond donors (Lipinski definition) is 1. The Morgan fingerprint density at radius 1 is 1.32 bits per heavy atom. The highest BCUT2D eigenvalue weighted by molar-refractivity contribution is 7.90. The van der Waals surface area contributed by atoms with Crippen molar-refractivity contribution in [3.05, 3.63) is 42.1 Å². The average Bonchev–Trinajstić information content (AvgIpc) is 2.75. The lowest BCUT2D eigenvalue weighted by Crippen LogP contribution is -2.10. The van der Waals surface area contributed by atoms with Gasteiger partial charge in [0.15, 0.2) is 9.84 Å². The van der Waals surface area contributed by atoms with E-state index in [0.29, 0.717) is 11.6 Å². The molecule has 0 bridgehead atoms. The Hall–Kier alpha value is -1.82. The molecule has 1 aromatic carbocycles. The van der Waals surface area contributed by atoms with Crippen LogP contribution >= 0.6 is 0 Å². The molecule has 5 nitrogen and oxygen atoms in total. The summed E-state index contributed by atoms with van der Waals surface area (Å²) in [6.45, 7) is 3.68. The van der Waals surface area contributed by atoms with Crippen molar-refractivity contribution in [2.24, 2.45) is 0 Å². The van der Waals surface area contributed by atoms with Crippen molar-refractivity contribution in [2.45, 2.75) is 24.8 Å².